The minimum absolute atomic E-state index is 0.00551. The predicted molar refractivity (Wildman–Crippen MR) is 100 cm³/mol. The average molecular weight is 358 g/mol. The normalized spacial score (nSPS) is 24.7. The van der Waals surface area contributed by atoms with Crippen LogP contribution in [-0.2, 0) is 17.8 Å². The summed E-state index contributed by atoms with van der Waals surface area (Å²) in [5.74, 6) is 1.83. The van der Waals surface area contributed by atoms with E-state index in [1.807, 2.05) is 11.9 Å². The first-order valence-electron chi connectivity index (χ1n) is 10.2. The fourth-order valence-corrected chi connectivity index (χ4v) is 4.79. The monoisotopic (exact) mass is 358 g/mol. The van der Waals surface area contributed by atoms with Gasteiger partial charge in [-0.3, -0.25) is 9.59 Å². The molecule has 1 aromatic heterocycles. The molecule has 1 saturated heterocycles. The second-order valence-electron chi connectivity index (χ2n) is 8.40. The van der Waals surface area contributed by atoms with Crippen molar-refractivity contribution in [2.75, 3.05) is 26.7 Å². The maximum atomic E-state index is 12.7. The van der Waals surface area contributed by atoms with E-state index >= 15 is 0 Å². The molecule has 6 nitrogen and oxygen atoms in total. The molecule has 3 aliphatic rings. The van der Waals surface area contributed by atoms with Gasteiger partial charge >= 0.3 is 0 Å². The highest BCUT2D eigenvalue weighted by Gasteiger charge is 2.29. The summed E-state index contributed by atoms with van der Waals surface area (Å²) in [6.07, 6.45) is 8.48. The maximum absolute atomic E-state index is 12.7. The van der Waals surface area contributed by atoms with E-state index in [0.717, 1.165) is 49.4 Å². The number of H-pyrrole nitrogens is 1. The lowest BCUT2D eigenvalue weighted by Crippen LogP contribution is -2.41. The van der Waals surface area contributed by atoms with Crippen LogP contribution in [0.2, 0.25) is 0 Å². The third kappa shape index (κ3) is 3.70. The minimum atomic E-state index is 0.00551. The van der Waals surface area contributed by atoms with E-state index in [0.29, 0.717) is 31.3 Å². The number of likely N-dealkylation sites (N-methyl/N-ethyl adjacent to an activating group) is 1. The molecule has 0 radical (unpaired) electrons. The summed E-state index contributed by atoms with van der Waals surface area (Å²) >= 11 is 0. The van der Waals surface area contributed by atoms with E-state index in [-0.39, 0.29) is 11.5 Å². The highest BCUT2D eigenvalue weighted by Crippen LogP contribution is 2.30. The third-order valence-corrected chi connectivity index (χ3v) is 6.38. The van der Waals surface area contributed by atoms with Gasteiger partial charge in [0.05, 0.1) is 11.3 Å². The number of fused-ring (bicyclic) bond motifs is 1. The van der Waals surface area contributed by atoms with E-state index < -0.39 is 0 Å². The largest absolute Gasteiger partial charge is 0.342 e. The van der Waals surface area contributed by atoms with Crippen molar-refractivity contribution in [1.82, 2.24) is 19.8 Å². The highest BCUT2D eigenvalue weighted by molar-refractivity contribution is 5.76. The Morgan fingerprint density at radius 2 is 2.00 bits per heavy atom. The van der Waals surface area contributed by atoms with Crippen molar-refractivity contribution in [2.45, 2.75) is 63.8 Å². The lowest BCUT2D eigenvalue weighted by Gasteiger charge is -2.33. The first-order valence-corrected chi connectivity index (χ1v) is 10.2. The summed E-state index contributed by atoms with van der Waals surface area (Å²) in [4.78, 5) is 37.2. The Morgan fingerprint density at radius 1 is 1.19 bits per heavy atom. The number of likely N-dealkylation sites (tertiary alicyclic amines) is 1. The van der Waals surface area contributed by atoms with Gasteiger partial charge in [0.2, 0.25) is 5.91 Å². The molecule has 2 aliphatic heterocycles. The summed E-state index contributed by atoms with van der Waals surface area (Å²) in [7, 11) is 2.03. The molecule has 4 rings (SSSR count). The van der Waals surface area contributed by atoms with Crippen LogP contribution in [0, 0.1) is 5.92 Å². The van der Waals surface area contributed by atoms with E-state index in [4.69, 9.17) is 4.98 Å². The van der Waals surface area contributed by atoms with Gasteiger partial charge in [0.25, 0.3) is 5.56 Å². The van der Waals surface area contributed by atoms with Gasteiger partial charge in [-0.2, -0.15) is 0 Å². The number of carbonyl (C=O) groups excluding carboxylic acids is 1. The zero-order chi connectivity index (χ0) is 18.1. The second kappa shape index (κ2) is 7.51. The summed E-state index contributed by atoms with van der Waals surface area (Å²) < 4.78 is 0. The summed E-state index contributed by atoms with van der Waals surface area (Å²) in [6.45, 7) is 3.17. The zero-order valence-electron chi connectivity index (χ0n) is 15.8. The van der Waals surface area contributed by atoms with Gasteiger partial charge in [0.15, 0.2) is 0 Å². The van der Waals surface area contributed by atoms with Crippen LogP contribution in [0.15, 0.2) is 4.79 Å². The number of rotatable bonds is 3. The van der Waals surface area contributed by atoms with Crippen LogP contribution in [0.3, 0.4) is 0 Å². The van der Waals surface area contributed by atoms with Crippen LogP contribution in [0.4, 0.5) is 0 Å². The van der Waals surface area contributed by atoms with Crippen molar-refractivity contribution in [3.05, 3.63) is 27.4 Å². The van der Waals surface area contributed by atoms with Crippen LogP contribution in [0.25, 0.3) is 0 Å². The number of carbonyl (C=O) groups is 1. The molecule has 26 heavy (non-hydrogen) atoms. The van der Waals surface area contributed by atoms with E-state index in [1.54, 1.807) is 0 Å². The number of piperidine rings is 1. The average Bonchev–Trinajstić information content (AvgIpc) is 3.15. The molecule has 0 spiro atoms. The molecule has 1 unspecified atom stereocenters. The van der Waals surface area contributed by atoms with Gasteiger partial charge in [-0.1, -0.05) is 12.8 Å². The molecule has 0 bridgehead atoms. The summed E-state index contributed by atoms with van der Waals surface area (Å²) in [5, 5.41) is 0. The molecular formula is C20H30N4O2. The van der Waals surface area contributed by atoms with Crippen molar-refractivity contribution in [1.29, 1.82) is 0 Å². The van der Waals surface area contributed by atoms with Crippen LogP contribution < -0.4 is 5.56 Å². The van der Waals surface area contributed by atoms with E-state index in [9.17, 15) is 9.59 Å². The highest BCUT2D eigenvalue weighted by atomic mass is 16.2. The minimum Gasteiger partial charge on any atom is -0.342 e. The molecule has 0 aromatic carbocycles. The Labute approximate surface area is 155 Å². The summed E-state index contributed by atoms with van der Waals surface area (Å²) in [6, 6.07) is 0. The standard InChI is InChI=1S/C20H30N4O2/c1-23-10-8-17-16(13-23)20(26)22-19(21-17)15-7-4-9-24(12-15)18(25)11-14-5-2-3-6-14/h14-15H,2-13H2,1H3,(H,21,22,26). The number of aromatic nitrogens is 2. The first-order chi connectivity index (χ1) is 12.6. The van der Waals surface area contributed by atoms with Crippen molar-refractivity contribution in [3.8, 4) is 0 Å². The molecule has 1 aliphatic carbocycles. The first kappa shape index (κ1) is 17.7. The summed E-state index contributed by atoms with van der Waals surface area (Å²) in [5.41, 5.74) is 1.77. The number of aromatic amines is 1. The molecule has 3 heterocycles. The van der Waals surface area contributed by atoms with Crippen LogP contribution in [-0.4, -0.2) is 52.4 Å². The van der Waals surface area contributed by atoms with Gasteiger partial charge in [0, 0.05) is 44.9 Å². The Bertz CT molecular complexity index is 723. The fraction of sp³-hybridized carbons (Fsp3) is 0.750. The van der Waals surface area contributed by atoms with Crippen molar-refractivity contribution >= 4 is 5.91 Å². The van der Waals surface area contributed by atoms with Gasteiger partial charge in [-0.15, -0.1) is 0 Å². The number of amides is 1. The zero-order valence-corrected chi connectivity index (χ0v) is 15.8. The van der Waals surface area contributed by atoms with Crippen molar-refractivity contribution in [3.63, 3.8) is 0 Å². The van der Waals surface area contributed by atoms with Crippen molar-refractivity contribution in [2.24, 2.45) is 5.92 Å². The molecule has 1 amide bonds. The van der Waals surface area contributed by atoms with Gasteiger partial charge < -0.3 is 14.8 Å². The Kier molecular flexibility index (Phi) is 5.11. The molecule has 1 atom stereocenters. The number of nitrogens with one attached hydrogen (secondary N) is 1. The number of nitrogens with zero attached hydrogens (tertiary/aromatic N) is 3. The lowest BCUT2D eigenvalue weighted by molar-refractivity contribution is -0.133. The molecule has 1 N–H and O–H groups in total. The topological polar surface area (TPSA) is 69.3 Å². The predicted octanol–water partition coefficient (Wildman–Crippen LogP) is 2.04. The van der Waals surface area contributed by atoms with Crippen molar-refractivity contribution < 1.29 is 4.79 Å². The van der Waals surface area contributed by atoms with E-state index in [2.05, 4.69) is 9.88 Å². The van der Waals surface area contributed by atoms with Gasteiger partial charge in [-0.05, 0) is 38.6 Å². The Morgan fingerprint density at radius 3 is 2.81 bits per heavy atom. The van der Waals surface area contributed by atoms with Crippen LogP contribution >= 0.6 is 0 Å². The van der Waals surface area contributed by atoms with Gasteiger partial charge in [0.1, 0.15) is 5.82 Å². The molecule has 6 heteroatoms. The molecule has 2 fully saturated rings. The van der Waals surface area contributed by atoms with Crippen LogP contribution in [0.1, 0.15) is 67.9 Å². The molecular weight excluding hydrogens is 328 g/mol. The van der Waals surface area contributed by atoms with Gasteiger partial charge in [-0.25, -0.2) is 4.98 Å². The number of hydrogen-bond donors (Lipinski definition) is 1. The quantitative estimate of drug-likeness (QED) is 0.898. The molecule has 142 valence electrons. The lowest BCUT2D eigenvalue weighted by atomic mass is 9.95. The second-order valence-corrected chi connectivity index (χ2v) is 8.40. The SMILES string of the molecule is CN1CCc2nc(C3CCCN(C(=O)CC4CCCC4)C3)[nH]c(=O)c2C1. The Hall–Kier alpha value is -1.69. The fourth-order valence-electron chi connectivity index (χ4n) is 4.79. The third-order valence-electron chi connectivity index (χ3n) is 6.38. The number of hydrogen-bond acceptors (Lipinski definition) is 4. The molecule has 1 aromatic rings. The maximum Gasteiger partial charge on any atom is 0.255 e. The van der Waals surface area contributed by atoms with Crippen LogP contribution in [0.5, 0.6) is 0 Å². The Balaban J connectivity index is 1.46. The van der Waals surface area contributed by atoms with E-state index in [1.165, 1.54) is 25.7 Å². The molecule has 1 saturated carbocycles. The smallest absolute Gasteiger partial charge is 0.255 e.